The molecule has 0 bridgehead atoms. The van der Waals surface area contributed by atoms with Gasteiger partial charge in [0.25, 0.3) is 0 Å². The van der Waals surface area contributed by atoms with Crippen LogP contribution in [0.25, 0.3) is 0 Å². The summed E-state index contributed by atoms with van der Waals surface area (Å²) in [7, 11) is 0. The molecule has 0 aromatic rings. The summed E-state index contributed by atoms with van der Waals surface area (Å²) in [4.78, 5) is 1.56. The van der Waals surface area contributed by atoms with Crippen molar-refractivity contribution >= 4 is 0 Å². The Morgan fingerprint density at radius 1 is 1.00 bits per heavy atom. The summed E-state index contributed by atoms with van der Waals surface area (Å²) in [5.41, 5.74) is 0. The van der Waals surface area contributed by atoms with E-state index in [2.05, 4.69) is 45.5 Å². The summed E-state index contributed by atoms with van der Waals surface area (Å²) in [5.74, 6) is 9.08. The van der Waals surface area contributed by atoms with Crippen molar-refractivity contribution in [3.8, 4) is 24.2 Å². The van der Waals surface area contributed by atoms with E-state index in [0.717, 1.165) is 25.8 Å². The van der Waals surface area contributed by atoms with Crippen molar-refractivity contribution in [1.29, 1.82) is 0 Å². The molecule has 0 rings (SSSR count). The van der Waals surface area contributed by atoms with Crippen molar-refractivity contribution in [2.45, 2.75) is 59.0 Å². The van der Waals surface area contributed by atoms with Crippen LogP contribution < -0.4 is 4.90 Å². The zero-order valence-electron chi connectivity index (χ0n) is 10.6. The number of quaternary nitrogens is 1. The van der Waals surface area contributed by atoms with Crippen LogP contribution in [0.5, 0.6) is 0 Å². The van der Waals surface area contributed by atoms with Crippen LogP contribution in [0.3, 0.4) is 0 Å². The highest BCUT2D eigenvalue weighted by Crippen LogP contribution is 1.90. The summed E-state index contributed by atoms with van der Waals surface area (Å²) in [6.45, 7) is 9.93. The Bertz CT molecular complexity index is 239. The van der Waals surface area contributed by atoms with Crippen LogP contribution in [-0.4, -0.2) is 18.6 Å². The van der Waals surface area contributed by atoms with E-state index in [1.165, 1.54) is 0 Å². The molecule has 0 fully saturated rings. The Balaban J connectivity index is 3.84. The van der Waals surface area contributed by atoms with Gasteiger partial charge in [-0.3, -0.25) is 0 Å². The molecule has 1 nitrogen and oxygen atoms in total. The molecule has 1 N–H and O–H groups in total. The molecule has 0 aliphatic carbocycles. The van der Waals surface area contributed by atoms with Crippen molar-refractivity contribution in [2.24, 2.45) is 0 Å². The van der Waals surface area contributed by atoms with Gasteiger partial charge in [0.15, 0.2) is 0 Å². The van der Waals surface area contributed by atoms with E-state index in [0.29, 0.717) is 12.1 Å². The third-order valence-corrected chi connectivity index (χ3v) is 2.52. The molecule has 0 saturated carbocycles. The molecule has 1 heteroatoms. The van der Waals surface area contributed by atoms with Gasteiger partial charge >= 0.3 is 0 Å². The first kappa shape index (κ1) is 14.1. The van der Waals surface area contributed by atoms with Crippen LogP contribution in [0.15, 0.2) is 0 Å². The van der Waals surface area contributed by atoms with Gasteiger partial charge in [-0.05, 0) is 40.0 Å². The molecule has 0 unspecified atom stereocenters. The Hall–Kier alpha value is -0.920. The fourth-order valence-electron chi connectivity index (χ4n) is 1.61. The number of hydrogen-bond acceptors (Lipinski definition) is 0. The summed E-state index contributed by atoms with van der Waals surface area (Å²) >= 11 is 0. The van der Waals surface area contributed by atoms with E-state index in [4.69, 9.17) is 6.42 Å². The molecule has 0 amide bonds. The fraction of sp³-hybridized carbons (Fsp3) is 0.714. The minimum absolute atomic E-state index is 0.644. The fourth-order valence-corrected chi connectivity index (χ4v) is 1.61. The van der Waals surface area contributed by atoms with Crippen LogP contribution in [0.2, 0.25) is 0 Å². The molecule has 84 valence electrons. The lowest BCUT2D eigenvalue weighted by molar-refractivity contribution is -0.935. The lowest BCUT2D eigenvalue weighted by Gasteiger charge is -2.25. The van der Waals surface area contributed by atoms with Crippen molar-refractivity contribution in [2.75, 3.05) is 6.54 Å². The van der Waals surface area contributed by atoms with Crippen molar-refractivity contribution in [3.63, 3.8) is 0 Å². The summed E-state index contributed by atoms with van der Waals surface area (Å²) in [5, 5.41) is 0. The van der Waals surface area contributed by atoms with E-state index in [9.17, 15) is 0 Å². The molecule has 15 heavy (non-hydrogen) atoms. The third-order valence-electron chi connectivity index (χ3n) is 2.52. The van der Waals surface area contributed by atoms with E-state index < -0.39 is 0 Å². The minimum atomic E-state index is 0.644. The Kier molecular flexibility index (Phi) is 7.88. The Morgan fingerprint density at radius 2 is 1.60 bits per heavy atom. The SMILES string of the molecule is C#CCCCC#CC[NH+](C(C)C)C(C)C. The number of rotatable bonds is 5. The van der Waals surface area contributed by atoms with Crippen LogP contribution in [0.1, 0.15) is 47.0 Å². The average molecular weight is 206 g/mol. The zero-order chi connectivity index (χ0) is 11.7. The topological polar surface area (TPSA) is 4.44 Å². The lowest BCUT2D eigenvalue weighted by Crippen LogP contribution is -3.17. The first-order valence-electron chi connectivity index (χ1n) is 5.84. The first-order valence-corrected chi connectivity index (χ1v) is 5.84. The van der Waals surface area contributed by atoms with Gasteiger partial charge in [-0.1, -0.05) is 5.92 Å². The van der Waals surface area contributed by atoms with E-state index in [-0.39, 0.29) is 0 Å². The van der Waals surface area contributed by atoms with Crippen LogP contribution in [0.4, 0.5) is 0 Å². The molecular weight excluding hydrogens is 182 g/mol. The highest BCUT2D eigenvalue weighted by molar-refractivity contribution is 4.99. The molecule has 0 atom stereocenters. The predicted molar refractivity (Wildman–Crippen MR) is 66.6 cm³/mol. The molecule has 0 aromatic heterocycles. The number of unbranched alkanes of at least 4 members (excludes halogenated alkanes) is 2. The van der Waals surface area contributed by atoms with E-state index in [1.807, 2.05) is 0 Å². The van der Waals surface area contributed by atoms with E-state index >= 15 is 0 Å². The zero-order valence-corrected chi connectivity index (χ0v) is 10.6. The monoisotopic (exact) mass is 206 g/mol. The van der Waals surface area contributed by atoms with Gasteiger partial charge in [-0.2, -0.15) is 0 Å². The molecule has 0 heterocycles. The third kappa shape index (κ3) is 7.06. The standard InChI is InChI=1S/C14H23N/c1-6-7-8-9-10-11-12-15(13(2)3)14(4)5/h1,13-14H,7-9,12H2,2-5H3/p+1. The van der Waals surface area contributed by atoms with Gasteiger partial charge in [0, 0.05) is 12.8 Å². The van der Waals surface area contributed by atoms with Crippen molar-refractivity contribution < 1.29 is 4.90 Å². The van der Waals surface area contributed by atoms with Gasteiger partial charge < -0.3 is 4.90 Å². The highest BCUT2D eigenvalue weighted by Gasteiger charge is 2.14. The van der Waals surface area contributed by atoms with Gasteiger partial charge in [-0.25, -0.2) is 0 Å². The Labute approximate surface area is 95.2 Å². The van der Waals surface area contributed by atoms with Crippen molar-refractivity contribution in [3.05, 3.63) is 0 Å². The molecule has 0 spiro atoms. The van der Waals surface area contributed by atoms with Gasteiger partial charge in [0.1, 0.15) is 6.54 Å². The summed E-state index contributed by atoms with van der Waals surface area (Å²) < 4.78 is 0. The maximum Gasteiger partial charge on any atom is 0.139 e. The number of hydrogen-bond donors (Lipinski definition) is 1. The van der Waals surface area contributed by atoms with E-state index in [1.54, 1.807) is 4.90 Å². The highest BCUT2D eigenvalue weighted by atomic mass is 15.2. The van der Waals surface area contributed by atoms with Crippen LogP contribution in [0, 0.1) is 24.2 Å². The molecule has 0 radical (unpaired) electrons. The normalized spacial score (nSPS) is 10.3. The Morgan fingerprint density at radius 3 is 2.07 bits per heavy atom. The second kappa shape index (κ2) is 8.39. The van der Waals surface area contributed by atoms with Gasteiger partial charge in [0.05, 0.1) is 12.1 Å². The van der Waals surface area contributed by atoms with Crippen molar-refractivity contribution in [1.82, 2.24) is 0 Å². The summed E-state index contributed by atoms with van der Waals surface area (Å²) in [6, 6.07) is 1.29. The minimum Gasteiger partial charge on any atom is -0.321 e. The average Bonchev–Trinajstić information content (AvgIpc) is 2.15. The second-order valence-corrected chi connectivity index (χ2v) is 4.47. The van der Waals surface area contributed by atoms with Crippen LogP contribution in [-0.2, 0) is 0 Å². The maximum absolute atomic E-state index is 5.17. The van der Waals surface area contributed by atoms with Gasteiger partial charge in [0.2, 0.25) is 0 Å². The predicted octanol–water partition coefficient (Wildman–Crippen LogP) is 1.49. The lowest BCUT2D eigenvalue weighted by atomic mass is 10.2. The smallest absolute Gasteiger partial charge is 0.139 e. The number of terminal acetylenes is 1. The molecule has 0 saturated heterocycles. The van der Waals surface area contributed by atoms with Crippen LogP contribution >= 0.6 is 0 Å². The van der Waals surface area contributed by atoms with Gasteiger partial charge in [-0.15, -0.1) is 12.3 Å². The molecule has 0 aromatic carbocycles. The second-order valence-electron chi connectivity index (χ2n) is 4.47. The molecule has 0 aliphatic rings. The maximum atomic E-state index is 5.17. The largest absolute Gasteiger partial charge is 0.321 e. The molecular formula is C14H24N+. The number of nitrogens with one attached hydrogen (secondary N) is 1. The quantitative estimate of drug-likeness (QED) is 0.513. The first-order chi connectivity index (χ1) is 7.09. The molecule has 0 aliphatic heterocycles. The summed E-state index contributed by atoms with van der Waals surface area (Å²) in [6.07, 6.45) is 7.98.